The number of nitrogens with zero attached hydrogens (tertiary/aromatic N) is 2. The average Bonchev–Trinajstić information content (AvgIpc) is 3.48. The zero-order valence-electron chi connectivity index (χ0n) is 21.9. The zero-order chi connectivity index (χ0) is 28.2. The molecule has 10 nitrogen and oxygen atoms in total. The van der Waals surface area contributed by atoms with Crippen LogP contribution in [0.4, 0.5) is 21.0 Å². The number of amides is 3. The number of urea groups is 1. The Morgan fingerprint density at radius 2 is 1.77 bits per heavy atom. The van der Waals surface area contributed by atoms with Crippen LogP contribution in [0.15, 0.2) is 89.8 Å². The number of nitriles is 1. The molecule has 0 unspecified atom stereocenters. The van der Waals surface area contributed by atoms with Crippen molar-refractivity contribution in [1.82, 2.24) is 10.3 Å². The number of ether oxygens (including phenoxy) is 2. The van der Waals surface area contributed by atoms with Crippen molar-refractivity contribution in [2.45, 2.75) is 32.6 Å². The van der Waals surface area contributed by atoms with E-state index in [4.69, 9.17) is 19.2 Å². The molecule has 0 saturated heterocycles. The molecule has 0 fully saturated rings. The fraction of sp³-hybridized carbons (Fsp3) is 0.200. The predicted octanol–water partition coefficient (Wildman–Crippen LogP) is 6.02. The summed E-state index contributed by atoms with van der Waals surface area (Å²) in [7, 11) is 0. The standard InChI is InChI=1S/C30H29N5O5/c1-21-14-25(10-11-27(21)28-17-32-20-39-28)35-29(36)34-24-9-5-8-23(15-24)16-33-30(37)40-26(12-13-31)19-38-18-22-6-3-2-4-7-22/h2-11,14-15,17,20,26H,12,16,18-19H2,1H3,(H,33,37)(H2,34,35,36)/t26-/m1/s1. The molecule has 4 aromatic rings. The molecule has 40 heavy (non-hydrogen) atoms. The second-order valence-electron chi connectivity index (χ2n) is 8.92. The molecule has 0 aliphatic heterocycles. The third-order valence-electron chi connectivity index (χ3n) is 5.81. The monoisotopic (exact) mass is 539 g/mol. The van der Waals surface area contributed by atoms with Crippen LogP contribution in [0.5, 0.6) is 0 Å². The van der Waals surface area contributed by atoms with Crippen LogP contribution < -0.4 is 16.0 Å². The molecule has 3 amide bonds. The molecule has 0 aliphatic rings. The Kier molecular flexibility index (Phi) is 9.85. The molecule has 3 N–H and O–H groups in total. The summed E-state index contributed by atoms with van der Waals surface area (Å²) in [4.78, 5) is 28.8. The molecule has 10 heteroatoms. The first kappa shape index (κ1) is 27.9. The zero-order valence-corrected chi connectivity index (χ0v) is 21.9. The number of hydrogen-bond acceptors (Lipinski definition) is 7. The average molecular weight is 540 g/mol. The first-order valence-corrected chi connectivity index (χ1v) is 12.6. The lowest BCUT2D eigenvalue weighted by atomic mass is 10.1. The fourth-order valence-electron chi connectivity index (χ4n) is 3.91. The number of alkyl carbamates (subject to hydrolysis) is 1. The van der Waals surface area contributed by atoms with E-state index in [9.17, 15) is 9.59 Å². The Hall–Kier alpha value is -5.14. The number of rotatable bonds is 11. The van der Waals surface area contributed by atoms with Crippen molar-refractivity contribution in [2.24, 2.45) is 0 Å². The van der Waals surface area contributed by atoms with Gasteiger partial charge in [-0.3, -0.25) is 0 Å². The van der Waals surface area contributed by atoms with Crippen molar-refractivity contribution in [3.8, 4) is 17.4 Å². The van der Waals surface area contributed by atoms with Crippen LogP contribution in [0, 0.1) is 18.3 Å². The number of hydrogen-bond donors (Lipinski definition) is 3. The number of nitrogens with one attached hydrogen (secondary N) is 3. The number of anilines is 2. The molecular weight excluding hydrogens is 510 g/mol. The quantitative estimate of drug-likeness (QED) is 0.212. The van der Waals surface area contributed by atoms with E-state index in [1.807, 2.05) is 61.5 Å². The maximum atomic E-state index is 12.6. The van der Waals surface area contributed by atoms with Crippen molar-refractivity contribution in [3.63, 3.8) is 0 Å². The van der Waals surface area contributed by atoms with Gasteiger partial charge in [0, 0.05) is 23.5 Å². The summed E-state index contributed by atoms with van der Waals surface area (Å²) in [6, 6.07) is 23.7. The number of carbonyl (C=O) groups excluding carboxylic acids is 2. The highest BCUT2D eigenvalue weighted by Crippen LogP contribution is 2.25. The van der Waals surface area contributed by atoms with Crippen LogP contribution in [0.3, 0.4) is 0 Å². The van der Waals surface area contributed by atoms with Gasteiger partial charge in [-0.05, 0) is 53.9 Å². The highest BCUT2D eigenvalue weighted by atomic mass is 16.6. The Balaban J connectivity index is 1.24. The molecule has 0 saturated carbocycles. The minimum Gasteiger partial charge on any atom is -0.444 e. The number of benzene rings is 3. The van der Waals surface area contributed by atoms with E-state index >= 15 is 0 Å². The third-order valence-corrected chi connectivity index (χ3v) is 5.81. The van der Waals surface area contributed by atoms with Gasteiger partial charge in [-0.25, -0.2) is 14.6 Å². The first-order chi connectivity index (χ1) is 19.5. The van der Waals surface area contributed by atoms with Crippen molar-refractivity contribution < 1.29 is 23.5 Å². The fourth-order valence-corrected chi connectivity index (χ4v) is 3.91. The van der Waals surface area contributed by atoms with E-state index in [2.05, 4.69) is 20.9 Å². The smallest absolute Gasteiger partial charge is 0.407 e. The van der Waals surface area contributed by atoms with E-state index in [1.165, 1.54) is 6.39 Å². The summed E-state index contributed by atoms with van der Waals surface area (Å²) in [6.45, 7) is 2.55. The van der Waals surface area contributed by atoms with E-state index in [1.54, 1.807) is 30.5 Å². The van der Waals surface area contributed by atoms with Gasteiger partial charge in [0.2, 0.25) is 0 Å². The SMILES string of the molecule is Cc1cc(NC(=O)Nc2cccc(CNC(=O)O[C@H](CC#N)COCc3ccccc3)c2)ccc1-c1cnco1. The van der Waals surface area contributed by atoms with Crippen molar-refractivity contribution in [3.05, 3.63) is 102 Å². The molecule has 0 radical (unpaired) electrons. The van der Waals surface area contributed by atoms with E-state index in [0.29, 0.717) is 23.7 Å². The minimum absolute atomic E-state index is 0.0129. The molecule has 4 rings (SSSR count). The van der Waals surface area contributed by atoms with Crippen molar-refractivity contribution in [2.75, 3.05) is 17.2 Å². The highest BCUT2D eigenvalue weighted by molar-refractivity contribution is 6.00. The number of aryl methyl sites for hydroxylation is 1. The first-order valence-electron chi connectivity index (χ1n) is 12.6. The summed E-state index contributed by atoms with van der Waals surface area (Å²) in [5.41, 5.74) is 4.73. The van der Waals surface area contributed by atoms with Gasteiger partial charge in [-0.1, -0.05) is 42.5 Å². The maximum Gasteiger partial charge on any atom is 0.407 e. The normalized spacial score (nSPS) is 11.2. The van der Waals surface area contributed by atoms with Gasteiger partial charge in [0.15, 0.2) is 12.2 Å². The molecule has 1 atom stereocenters. The second kappa shape index (κ2) is 14.1. The highest BCUT2D eigenvalue weighted by Gasteiger charge is 2.15. The van der Waals surface area contributed by atoms with Gasteiger partial charge in [0.05, 0.1) is 31.9 Å². The number of oxazole rings is 1. The van der Waals surface area contributed by atoms with E-state index in [0.717, 1.165) is 22.3 Å². The van der Waals surface area contributed by atoms with Gasteiger partial charge >= 0.3 is 12.1 Å². The van der Waals surface area contributed by atoms with Crippen LogP contribution in [0.2, 0.25) is 0 Å². The van der Waals surface area contributed by atoms with Gasteiger partial charge < -0.3 is 29.8 Å². The maximum absolute atomic E-state index is 12.6. The molecule has 1 aromatic heterocycles. The summed E-state index contributed by atoms with van der Waals surface area (Å²) < 4.78 is 16.3. The van der Waals surface area contributed by atoms with Crippen LogP contribution in [0.1, 0.15) is 23.1 Å². The van der Waals surface area contributed by atoms with Crippen LogP contribution in [0.25, 0.3) is 11.3 Å². The van der Waals surface area contributed by atoms with Gasteiger partial charge in [-0.2, -0.15) is 5.26 Å². The largest absolute Gasteiger partial charge is 0.444 e. The molecule has 1 heterocycles. The molecule has 0 bridgehead atoms. The van der Waals surface area contributed by atoms with Gasteiger partial charge in [0.1, 0.15) is 6.10 Å². The van der Waals surface area contributed by atoms with Gasteiger partial charge in [0.25, 0.3) is 0 Å². The van der Waals surface area contributed by atoms with Crippen LogP contribution in [-0.2, 0) is 22.6 Å². The Morgan fingerprint density at radius 1 is 1.00 bits per heavy atom. The molecule has 204 valence electrons. The summed E-state index contributed by atoms with van der Waals surface area (Å²) >= 11 is 0. The lowest BCUT2D eigenvalue weighted by molar-refractivity contribution is 0.0154. The third kappa shape index (κ3) is 8.44. The second-order valence-corrected chi connectivity index (χ2v) is 8.92. The van der Waals surface area contributed by atoms with Gasteiger partial charge in [-0.15, -0.1) is 0 Å². The lowest BCUT2D eigenvalue weighted by Gasteiger charge is -2.16. The summed E-state index contributed by atoms with van der Waals surface area (Å²) in [5.74, 6) is 0.653. The Labute approximate surface area is 231 Å². The molecule has 3 aromatic carbocycles. The van der Waals surface area contributed by atoms with Crippen molar-refractivity contribution in [1.29, 1.82) is 5.26 Å². The lowest BCUT2D eigenvalue weighted by Crippen LogP contribution is -2.31. The topological polar surface area (TPSA) is 139 Å². The van der Waals surface area contributed by atoms with Crippen LogP contribution in [-0.4, -0.2) is 29.8 Å². The van der Waals surface area contributed by atoms with E-state index in [-0.39, 0.29) is 19.6 Å². The Bertz CT molecular complexity index is 1450. The van der Waals surface area contributed by atoms with E-state index < -0.39 is 18.2 Å². The summed E-state index contributed by atoms with van der Waals surface area (Å²) in [5, 5.41) is 17.3. The number of carbonyl (C=O) groups is 2. The van der Waals surface area contributed by atoms with Crippen LogP contribution >= 0.6 is 0 Å². The number of aromatic nitrogens is 1. The molecular formula is C30H29N5O5. The predicted molar refractivity (Wildman–Crippen MR) is 149 cm³/mol. The Morgan fingerprint density at radius 3 is 2.50 bits per heavy atom. The molecule has 0 aliphatic carbocycles. The van der Waals surface area contributed by atoms with Crippen molar-refractivity contribution >= 4 is 23.5 Å². The molecule has 0 spiro atoms. The summed E-state index contributed by atoms with van der Waals surface area (Å²) in [6.07, 6.45) is 1.66. The minimum atomic E-state index is -0.695.